The molecule has 2 heteroatoms. The van der Waals surface area contributed by atoms with E-state index in [0.29, 0.717) is 0 Å². The van der Waals surface area contributed by atoms with Crippen LogP contribution in [0.4, 0.5) is 0 Å². The molecule has 0 aliphatic rings. The summed E-state index contributed by atoms with van der Waals surface area (Å²) in [6.07, 6.45) is 0. The van der Waals surface area contributed by atoms with Crippen LogP contribution in [0.2, 0.25) is 0 Å². The van der Waals surface area contributed by atoms with Crippen LogP contribution in [-0.2, 0) is 0 Å². The number of benzene rings is 6. The van der Waals surface area contributed by atoms with Crippen LogP contribution in [0.25, 0.3) is 60.5 Å². The Kier molecular flexibility index (Phi) is 5.00. The third-order valence-corrected chi connectivity index (χ3v) is 7.57. The van der Waals surface area contributed by atoms with Gasteiger partial charge < -0.3 is 4.57 Å². The van der Waals surface area contributed by atoms with Crippen LogP contribution in [0.15, 0.2) is 138 Å². The van der Waals surface area contributed by atoms with Gasteiger partial charge in [0.2, 0.25) is 0 Å². The van der Waals surface area contributed by atoms with E-state index in [1.807, 2.05) is 0 Å². The maximum Gasteiger partial charge on any atom is 0.0619 e. The van der Waals surface area contributed by atoms with E-state index in [2.05, 4.69) is 154 Å². The van der Waals surface area contributed by atoms with Crippen LogP contribution in [-0.4, -0.2) is 4.57 Å². The van der Waals surface area contributed by atoms with E-state index in [0.717, 1.165) is 4.47 Å². The summed E-state index contributed by atoms with van der Waals surface area (Å²) < 4.78 is 3.52. The van der Waals surface area contributed by atoms with Gasteiger partial charge in [0, 0.05) is 26.3 Å². The van der Waals surface area contributed by atoms with Gasteiger partial charge in [0.25, 0.3) is 0 Å². The van der Waals surface area contributed by atoms with Crippen LogP contribution < -0.4 is 0 Å². The van der Waals surface area contributed by atoms with Gasteiger partial charge in [-0.2, -0.15) is 0 Å². The smallest absolute Gasteiger partial charge is 0.0619 e. The molecule has 1 aromatic heterocycles. The molecule has 0 saturated heterocycles. The Morgan fingerprint density at radius 2 is 1.11 bits per heavy atom. The fourth-order valence-corrected chi connectivity index (χ4v) is 5.59. The first-order valence-electron chi connectivity index (χ1n) is 12.1. The number of hydrogen-bond acceptors (Lipinski definition) is 0. The molecule has 0 N–H and O–H groups in total. The lowest BCUT2D eigenvalue weighted by Crippen LogP contribution is -1.94. The van der Waals surface area contributed by atoms with Crippen LogP contribution >= 0.6 is 15.9 Å². The van der Waals surface area contributed by atoms with E-state index < -0.39 is 0 Å². The molecule has 36 heavy (non-hydrogen) atoms. The van der Waals surface area contributed by atoms with Gasteiger partial charge in [-0.05, 0) is 64.0 Å². The maximum atomic E-state index is 3.55. The lowest BCUT2D eigenvalue weighted by atomic mass is 9.98. The number of nitrogens with zero attached hydrogens (tertiary/aromatic N) is 1. The van der Waals surface area contributed by atoms with Gasteiger partial charge in [0.1, 0.15) is 0 Å². The molecule has 0 unspecified atom stereocenters. The zero-order chi connectivity index (χ0) is 24.1. The standard InChI is InChI=1S/C34H22BrN/c35-28-17-13-23(14-18-28)25-8-6-9-26(21-25)27-16-19-31-32-20-15-24-7-4-5-12-30(24)34(32)36(33(31)22-27)29-10-2-1-3-11-29/h1-22H. The third kappa shape index (κ3) is 3.45. The summed E-state index contributed by atoms with van der Waals surface area (Å²) in [6, 6.07) is 48.1. The van der Waals surface area contributed by atoms with Gasteiger partial charge in [-0.1, -0.05) is 113 Å². The molecule has 0 atom stereocenters. The molecule has 0 aliphatic heterocycles. The molecular weight excluding hydrogens is 502 g/mol. The van der Waals surface area contributed by atoms with Gasteiger partial charge in [-0.3, -0.25) is 0 Å². The average Bonchev–Trinajstić information content (AvgIpc) is 3.28. The van der Waals surface area contributed by atoms with Crippen molar-refractivity contribution in [3.8, 4) is 27.9 Å². The average molecular weight is 524 g/mol. The maximum absolute atomic E-state index is 3.55. The Morgan fingerprint density at radius 1 is 0.444 bits per heavy atom. The van der Waals surface area contributed by atoms with Gasteiger partial charge >= 0.3 is 0 Å². The molecule has 0 radical (unpaired) electrons. The van der Waals surface area contributed by atoms with Crippen molar-refractivity contribution in [2.75, 3.05) is 0 Å². The summed E-state index contributed by atoms with van der Waals surface area (Å²) >= 11 is 3.55. The highest BCUT2D eigenvalue weighted by molar-refractivity contribution is 9.10. The van der Waals surface area contributed by atoms with E-state index in [1.165, 1.54) is 60.5 Å². The first kappa shape index (κ1) is 21.2. The Hall–Kier alpha value is -4.14. The van der Waals surface area contributed by atoms with Gasteiger partial charge in [0.15, 0.2) is 0 Å². The van der Waals surface area contributed by atoms with Crippen molar-refractivity contribution >= 4 is 48.5 Å². The highest BCUT2D eigenvalue weighted by Gasteiger charge is 2.16. The highest BCUT2D eigenvalue weighted by Crippen LogP contribution is 2.38. The second-order valence-electron chi connectivity index (χ2n) is 9.17. The summed E-state index contributed by atoms with van der Waals surface area (Å²) in [5.74, 6) is 0. The molecule has 0 spiro atoms. The predicted molar refractivity (Wildman–Crippen MR) is 157 cm³/mol. The number of aromatic nitrogens is 1. The molecule has 0 saturated carbocycles. The Morgan fingerprint density at radius 3 is 1.94 bits per heavy atom. The summed E-state index contributed by atoms with van der Waals surface area (Å²) in [6.45, 7) is 0. The van der Waals surface area contributed by atoms with Crippen LogP contribution in [0, 0.1) is 0 Å². The van der Waals surface area contributed by atoms with Crippen LogP contribution in [0.1, 0.15) is 0 Å². The SMILES string of the molecule is Brc1ccc(-c2cccc(-c3ccc4c5ccc6ccccc6c5n(-c5ccccc5)c4c3)c2)cc1. The minimum Gasteiger partial charge on any atom is -0.309 e. The van der Waals surface area contributed by atoms with Crippen molar-refractivity contribution in [1.82, 2.24) is 4.57 Å². The number of hydrogen-bond donors (Lipinski definition) is 0. The molecule has 7 rings (SSSR count). The fourth-order valence-electron chi connectivity index (χ4n) is 5.32. The first-order valence-corrected chi connectivity index (χ1v) is 12.9. The minimum atomic E-state index is 1.09. The second kappa shape index (κ2) is 8.51. The molecule has 0 amide bonds. The molecule has 0 bridgehead atoms. The summed E-state index contributed by atoms with van der Waals surface area (Å²) in [5.41, 5.74) is 8.52. The fraction of sp³-hybridized carbons (Fsp3) is 0. The zero-order valence-corrected chi connectivity index (χ0v) is 21.1. The Bertz CT molecular complexity index is 1880. The van der Waals surface area contributed by atoms with E-state index in [1.54, 1.807) is 0 Å². The van der Waals surface area contributed by atoms with E-state index in [-0.39, 0.29) is 0 Å². The van der Waals surface area contributed by atoms with Crippen molar-refractivity contribution in [3.05, 3.63) is 138 Å². The molecule has 7 aromatic rings. The number of halogens is 1. The molecule has 0 aliphatic carbocycles. The van der Waals surface area contributed by atoms with Crippen LogP contribution in [0.5, 0.6) is 0 Å². The Labute approximate surface area is 218 Å². The molecular formula is C34H22BrN. The molecule has 1 heterocycles. The van der Waals surface area contributed by atoms with Crippen molar-refractivity contribution in [3.63, 3.8) is 0 Å². The number of fused-ring (bicyclic) bond motifs is 5. The van der Waals surface area contributed by atoms with Crippen molar-refractivity contribution in [2.24, 2.45) is 0 Å². The lowest BCUT2D eigenvalue weighted by molar-refractivity contribution is 1.19. The number of rotatable bonds is 3. The topological polar surface area (TPSA) is 4.93 Å². The number of para-hydroxylation sites is 1. The summed E-state index contributed by atoms with van der Waals surface area (Å²) in [5, 5.41) is 5.08. The van der Waals surface area contributed by atoms with E-state index in [4.69, 9.17) is 0 Å². The normalized spacial score (nSPS) is 11.5. The predicted octanol–water partition coefficient (Wildman–Crippen LogP) is 10.0. The quantitative estimate of drug-likeness (QED) is 0.217. The zero-order valence-electron chi connectivity index (χ0n) is 19.5. The second-order valence-corrected chi connectivity index (χ2v) is 10.1. The largest absolute Gasteiger partial charge is 0.309 e. The van der Waals surface area contributed by atoms with Gasteiger partial charge in [0.05, 0.1) is 11.0 Å². The van der Waals surface area contributed by atoms with Gasteiger partial charge in [-0.15, -0.1) is 0 Å². The highest BCUT2D eigenvalue weighted by atomic mass is 79.9. The minimum absolute atomic E-state index is 1.09. The van der Waals surface area contributed by atoms with Crippen molar-refractivity contribution in [1.29, 1.82) is 0 Å². The van der Waals surface area contributed by atoms with Gasteiger partial charge in [-0.25, -0.2) is 0 Å². The van der Waals surface area contributed by atoms with Crippen LogP contribution in [0.3, 0.4) is 0 Å². The monoisotopic (exact) mass is 523 g/mol. The van der Waals surface area contributed by atoms with E-state index in [9.17, 15) is 0 Å². The molecule has 170 valence electrons. The lowest BCUT2D eigenvalue weighted by Gasteiger charge is -2.11. The molecule has 0 fully saturated rings. The molecule has 6 aromatic carbocycles. The summed E-state index contributed by atoms with van der Waals surface area (Å²) in [4.78, 5) is 0. The van der Waals surface area contributed by atoms with Crippen molar-refractivity contribution in [2.45, 2.75) is 0 Å². The summed E-state index contributed by atoms with van der Waals surface area (Å²) in [7, 11) is 0. The third-order valence-electron chi connectivity index (χ3n) is 7.04. The molecule has 1 nitrogen and oxygen atoms in total. The first-order chi connectivity index (χ1) is 17.8. The van der Waals surface area contributed by atoms with Crippen molar-refractivity contribution < 1.29 is 0 Å². The van der Waals surface area contributed by atoms with E-state index >= 15 is 0 Å². The Balaban J connectivity index is 1.50.